The second-order valence-electron chi connectivity index (χ2n) is 4.60. The normalized spacial score (nSPS) is 12.5. The van der Waals surface area contributed by atoms with Crippen molar-refractivity contribution in [2.24, 2.45) is 0 Å². The molecule has 0 atom stereocenters. The zero-order chi connectivity index (χ0) is 14.2. The Morgan fingerprint density at radius 2 is 2.00 bits per heavy atom. The maximum absolute atomic E-state index is 13.0. The summed E-state index contributed by atoms with van der Waals surface area (Å²) in [4.78, 5) is 5.47. The first kappa shape index (κ1) is 13.7. The van der Waals surface area contributed by atoms with E-state index in [9.17, 15) is 13.2 Å². The van der Waals surface area contributed by atoms with Gasteiger partial charge in [0.2, 0.25) is 5.82 Å². The Kier molecular flexibility index (Phi) is 3.40. The van der Waals surface area contributed by atoms with E-state index in [-0.39, 0.29) is 17.7 Å². The molecule has 0 unspecified atom stereocenters. The molecule has 7 heteroatoms. The maximum Gasteiger partial charge on any atom is 0.449 e. The van der Waals surface area contributed by atoms with E-state index in [1.165, 1.54) is 4.57 Å². The molecule has 0 saturated carbocycles. The number of nitrogens with two attached hydrogens (primary N) is 1. The highest BCUT2D eigenvalue weighted by Crippen LogP contribution is 2.32. The van der Waals surface area contributed by atoms with Crippen molar-refractivity contribution in [2.75, 3.05) is 26.4 Å². The van der Waals surface area contributed by atoms with Gasteiger partial charge in [-0.3, -0.25) is 0 Å². The minimum absolute atomic E-state index is 0.202. The molecule has 0 aliphatic carbocycles. The zero-order valence-electron chi connectivity index (χ0n) is 10.7. The van der Waals surface area contributed by atoms with Gasteiger partial charge in [0.25, 0.3) is 0 Å². The molecule has 0 radical (unpaired) electrons. The van der Waals surface area contributed by atoms with Gasteiger partial charge in [0.1, 0.15) is 5.52 Å². The molecule has 2 rings (SSSR count). The average molecular weight is 272 g/mol. The van der Waals surface area contributed by atoms with Crippen LogP contribution in [-0.4, -0.2) is 35.1 Å². The molecule has 1 aromatic carbocycles. The van der Waals surface area contributed by atoms with Crippen LogP contribution in [0.2, 0.25) is 0 Å². The van der Waals surface area contributed by atoms with Crippen LogP contribution in [0.5, 0.6) is 0 Å². The van der Waals surface area contributed by atoms with Crippen molar-refractivity contribution in [2.45, 2.75) is 12.7 Å². The van der Waals surface area contributed by atoms with Crippen molar-refractivity contribution in [3.8, 4) is 0 Å². The van der Waals surface area contributed by atoms with Crippen LogP contribution in [0.3, 0.4) is 0 Å². The number of nitrogen functional groups attached to an aromatic ring is 1. The molecule has 0 amide bonds. The minimum atomic E-state index is -4.49. The standard InChI is InChI=1S/C12H15F3N4/c1-18(2)6-7-19-9-5-3-4-8(16)10(9)17-11(19)12(13,14)15/h3-5H,6-7,16H2,1-2H3. The Balaban J connectivity index is 2.59. The van der Waals surface area contributed by atoms with E-state index in [1.807, 2.05) is 4.90 Å². The molecule has 104 valence electrons. The van der Waals surface area contributed by atoms with E-state index >= 15 is 0 Å². The van der Waals surface area contributed by atoms with Crippen molar-refractivity contribution < 1.29 is 13.2 Å². The van der Waals surface area contributed by atoms with Gasteiger partial charge in [-0.15, -0.1) is 0 Å². The summed E-state index contributed by atoms with van der Waals surface area (Å²) in [5, 5.41) is 0. The lowest BCUT2D eigenvalue weighted by molar-refractivity contribution is -0.147. The van der Waals surface area contributed by atoms with Gasteiger partial charge < -0.3 is 15.2 Å². The Bertz CT molecular complexity index is 586. The summed E-state index contributed by atoms with van der Waals surface area (Å²) < 4.78 is 40.2. The monoisotopic (exact) mass is 272 g/mol. The third-order valence-corrected chi connectivity index (χ3v) is 2.83. The fraction of sp³-hybridized carbons (Fsp3) is 0.417. The van der Waals surface area contributed by atoms with Gasteiger partial charge in [0.15, 0.2) is 0 Å². The van der Waals surface area contributed by atoms with Crippen molar-refractivity contribution in [1.82, 2.24) is 14.5 Å². The van der Waals surface area contributed by atoms with Gasteiger partial charge in [-0.05, 0) is 26.2 Å². The maximum atomic E-state index is 13.0. The van der Waals surface area contributed by atoms with E-state index in [4.69, 9.17) is 5.73 Å². The highest BCUT2D eigenvalue weighted by Gasteiger charge is 2.37. The molecule has 0 fully saturated rings. The second-order valence-corrected chi connectivity index (χ2v) is 4.60. The molecule has 0 aliphatic heterocycles. The van der Waals surface area contributed by atoms with Crippen LogP contribution in [-0.2, 0) is 12.7 Å². The number of aromatic nitrogens is 2. The molecule has 0 bridgehead atoms. The van der Waals surface area contributed by atoms with E-state index in [1.54, 1.807) is 32.3 Å². The Morgan fingerprint density at radius 3 is 2.58 bits per heavy atom. The van der Waals surface area contributed by atoms with Gasteiger partial charge >= 0.3 is 6.18 Å². The number of para-hydroxylation sites is 1. The quantitative estimate of drug-likeness (QED) is 0.871. The number of rotatable bonds is 3. The molecule has 4 nitrogen and oxygen atoms in total. The Morgan fingerprint density at radius 1 is 1.32 bits per heavy atom. The predicted molar refractivity (Wildman–Crippen MR) is 67.7 cm³/mol. The highest BCUT2D eigenvalue weighted by molar-refractivity contribution is 5.87. The van der Waals surface area contributed by atoms with Crippen LogP contribution >= 0.6 is 0 Å². The minimum Gasteiger partial charge on any atom is -0.397 e. The van der Waals surface area contributed by atoms with E-state index in [0.29, 0.717) is 12.1 Å². The number of benzene rings is 1. The lowest BCUT2D eigenvalue weighted by atomic mass is 10.3. The summed E-state index contributed by atoms with van der Waals surface area (Å²) in [6.07, 6.45) is -4.49. The van der Waals surface area contributed by atoms with Gasteiger partial charge in [0.05, 0.1) is 11.2 Å². The van der Waals surface area contributed by atoms with Crippen LogP contribution in [0.1, 0.15) is 5.82 Å². The van der Waals surface area contributed by atoms with Crippen molar-refractivity contribution in [3.05, 3.63) is 24.0 Å². The van der Waals surface area contributed by atoms with Crippen molar-refractivity contribution >= 4 is 16.7 Å². The predicted octanol–water partition coefficient (Wildman–Crippen LogP) is 2.20. The number of halogens is 3. The summed E-state index contributed by atoms with van der Waals surface area (Å²) in [5.74, 6) is -0.901. The fourth-order valence-corrected chi connectivity index (χ4v) is 1.91. The highest BCUT2D eigenvalue weighted by atomic mass is 19.4. The van der Waals surface area contributed by atoms with Gasteiger partial charge in [-0.2, -0.15) is 13.2 Å². The number of fused-ring (bicyclic) bond motifs is 1. The number of hydrogen-bond acceptors (Lipinski definition) is 3. The molecule has 0 spiro atoms. The van der Waals surface area contributed by atoms with Gasteiger partial charge in [-0.1, -0.05) is 6.07 Å². The Labute approximate surface area is 108 Å². The Hall–Kier alpha value is -1.76. The summed E-state index contributed by atoms with van der Waals surface area (Å²) in [7, 11) is 3.61. The first-order valence-electron chi connectivity index (χ1n) is 5.77. The molecule has 19 heavy (non-hydrogen) atoms. The topological polar surface area (TPSA) is 47.1 Å². The summed E-state index contributed by atoms with van der Waals surface area (Å²) in [6.45, 7) is 0.700. The number of nitrogens with zero attached hydrogens (tertiary/aromatic N) is 3. The number of likely N-dealkylation sites (N-methyl/N-ethyl adjacent to an activating group) is 1. The number of alkyl halides is 3. The summed E-state index contributed by atoms with van der Waals surface area (Å²) >= 11 is 0. The molecule has 0 saturated heterocycles. The van der Waals surface area contributed by atoms with Crippen LogP contribution in [0.4, 0.5) is 18.9 Å². The van der Waals surface area contributed by atoms with Crippen LogP contribution < -0.4 is 5.73 Å². The van der Waals surface area contributed by atoms with Crippen LogP contribution in [0.15, 0.2) is 18.2 Å². The smallest absolute Gasteiger partial charge is 0.397 e. The number of imidazole rings is 1. The first-order valence-corrected chi connectivity index (χ1v) is 5.77. The van der Waals surface area contributed by atoms with Crippen LogP contribution in [0.25, 0.3) is 11.0 Å². The molecule has 0 aliphatic rings. The lowest BCUT2D eigenvalue weighted by Crippen LogP contribution is -2.22. The average Bonchev–Trinajstić information content (AvgIpc) is 2.66. The first-order chi connectivity index (χ1) is 8.80. The SMILES string of the molecule is CN(C)CCn1c(C(F)(F)F)nc2c(N)cccc21. The van der Waals surface area contributed by atoms with Crippen molar-refractivity contribution in [3.63, 3.8) is 0 Å². The lowest BCUT2D eigenvalue weighted by Gasteiger charge is -2.14. The second kappa shape index (κ2) is 4.73. The molecule has 1 aromatic heterocycles. The van der Waals surface area contributed by atoms with E-state index < -0.39 is 12.0 Å². The van der Waals surface area contributed by atoms with Crippen molar-refractivity contribution in [1.29, 1.82) is 0 Å². The fourth-order valence-electron chi connectivity index (χ4n) is 1.91. The molecular weight excluding hydrogens is 257 g/mol. The van der Waals surface area contributed by atoms with E-state index in [0.717, 1.165) is 0 Å². The van der Waals surface area contributed by atoms with Crippen LogP contribution in [0, 0.1) is 0 Å². The number of hydrogen-bond donors (Lipinski definition) is 1. The summed E-state index contributed by atoms with van der Waals surface area (Å²) in [5.41, 5.74) is 6.55. The van der Waals surface area contributed by atoms with Gasteiger partial charge in [0, 0.05) is 13.1 Å². The molecular formula is C12H15F3N4. The molecule has 2 N–H and O–H groups in total. The third-order valence-electron chi connectivity index (χ3n) is 2.83. The molecule has 2 aromatic rings. The zero-order valence-corrected chi connectivity index (χ0v) is 10.7. The summed E-state index contributed by atoms with van der Waals surface area (Å²) in [6, 6.07) is 4.78. The third kappa shape index (κ3) is 2.65. The largest absolute Gasteiger partial charge is 0.449 e. The van der Waals surface area contributed by atoms with E-state index in [2.05, 4.69) is 4.98 Å². The van der Waals surface area contributed by atoms with Gasteiger partial charge in [-0.25, -0.2) is 4.98 Å². The number of anilines is 1. The molecule has 1 heterocycles.